The summed E-state index contributed by atoms with van der Waals surface area (Å²) >= 11 is 0. The van der Waals surface area contributed by atoms with E-state index < -0.39 is 33.9 Å². The number of sulfonamides is 1. The second kappa shape index (κ2) is 5.22. The van der Waals surface area contributed by atoms with Gasteiger partial charge < -0.3 is 10.4 Å². The molecule has 1 aliphatic rings. The van der Waals surface area contributed by atoms with Crippen LogP contribution < -0.4 is 10.0 Å². The summed E-state index contributed by atoms with van der Waals surface area (Å²) in [6, 6.07) is 6.01. The van der Waals surface area contributed by atoms with E-state index in [-0.39, 0.29) is 11.4 Å². The number of aliphatic hydroxyl groups is 1. The normalized spacial score (nSPS) is 22.4. The first kappa shape index (κ1) is 14.5. The van der Waals surface area contributed by atoms with E-state index in [4.69, 9.17) is 0 Å². The number of β-amino-alcohol motifs (C(OH)–C–C–N with tert-alkyl or cyclic N) is 1. The number of amides is 2. The number of aliphatic hydroxyl groups excluding tert-OH is 1. The van der Waals surface area contributed by atoms with Crippen molar-refractivity contribution in [3.05, 3.63) is 29.8 Å². The molecule has 1 saturated heterocycles. The summed E-state index contributed by atoms with van der Waals surface area (Å²) in [5.41, 5.74) is 0.721. The van der Waals surface area contributed by atoms with Gasteiger partial charge in [0.25, 0.3) is 10.0 Å². The smallest absolute Gasteiger partial charge is 0.264 e. The molecule has 2 unspecified atom stereocenters. The van der Waals surface area contributed by atoms with Gasteiger partial charge in [0.05, 0.1) is 11.0 Å². The van der Waals surface area contributed by atoms with E-state index in [9.17, 15) is 23.1 Å². The van der Waals surface area contributed by atoms with Gasteiger partial charge in [-0.05, 0) is 24.6 Å². The zero-order valence-electron chi connectivity index (χ0n) is 10.7. The van der Waals surface area contributed by atoms with Crippen LogP contribution in [-0.4, -0.2) is 38.0 Å². The lowest BCUT2D eigenvalue weighted by atomic mass is 10.1. The molecule has 0 bridgehead atoms. The van der Waals surface area contributed by atoms with Crippen molar-refractivity contribution in [1.82, 2.24) is 10.0 Å². The van der Waals surface area contributed by atoms with Crippen LogP contribution in [0.3, 0.4) is 0 Å². The average molecular weight is 298 g/mol. The lowest BCUT2D eigenvalue weighted by molar-refractivity contribution is -0.134. The Kier molecular flexibility index (Phi) is 3.78. The second-order valence-electron chi connectivity index (χ2n) is 4.58. The Bertz CT molecular complexity index is 656. The quantitative estimate of drug-likeness (QED) is 0.614. The second-order valence-corrected chi connectivity index (χ2v) is 6.26. The molecule has 7 nitrogen and oxygen atoms in total. The maximum absolute atomic E-state index is 12.0. The zero-order chi connectivity index (χ0) is 14.9. The van der Waals surface area contributed by atoms with Crippen LogP contribution in [0.15, 0.2) is 29.2 Å². The zero-order valence-corrected chi connectivity index (χ0v) is 11.5. The van der Waals surface area contributed by atoms with Gasteiger partial charge >= 0.3 is 0 Å². The van der Waals surface area contributed by atoms with Gasteiger partial charge in [0.15, 0.2) is 0 Å². The molecule has 108 valence electrons. The number of hydrogen-bond donors (Lipinski definition) is 3. The van der Waals surface area contributed by atoms with E-state index in [2.05, 4.69) is 5.32 Å². The van der Waals surface area contributed by atoms with Crippen LogP contribution in [0.2, 0.25) is 0 Å². The van der Waals surface area contributed by atoms with Crippen LogP contribution >= 0.6 is 0 Å². The third-order valence-electron chi connectivity index (χ3n) is 2.97. The molecule has 1 aromatic carbocycles. The van der Waals surface area contributed by atoms with E-state index >= 15 is 0 Å². The minimum absolute atomic E-state index is 0.0680. The first-order valence-corrected chi connectivity index (χ1v) is 7.39. The Labute approximate surface area is 116 Å². The summed E-state index contributed by atoms with van der Waals surface area (Å²) in [5, 5.41) is 11.8. The number of hydrogen-bond acceptors (Lipinski definition) is 5. The van der Waals surface area contributed by atoms with Gasteiger partial charge in [-0.15, -0.1) is 0 Å². The van der Waals surface area contributed by atoms with Crippen LogP contribution in [0.5, 0.6) is 0 Å². The van der Waals surface area contributed by atoms with Crippen molar-refractivity contribution in [3.63, 3.8) is 0 Å². The molecule has 0 aromatic heterocycles. The van der Waals surface area contributed by atoms with E-state index in [1.54, 1.807) is 19.1 Å². The first-order valence-electron chi connectivity index (χ1n) is 5.90. The molecule has 0 saturated carbocycles. The first-order chi connectivity index (χ1) is 9.31. The highest BCUT2D eigenvalue weighted by molar-refractivity contribution is 7.90. The lowest BCUT2D eigenvalue weighted by Crippen LogP contribution is -2.42. The maximum atomic E-state index is 12.0. The fraction of sp³-hybridized carbons (Fsp3) is 0.333. The summed E-state index contributed by atoms with van der Waals surface area (Å²) < 4.78 is 25.9. The van der Waals surface area contributed by atoms with Crippen molar-refractivity contribution in [2.24, 2.45) is 5.92 Å². The number of nitrogens with one attached hydrogen (secondary N) is 2. The van der Waals surface area contributed by atoms with E-state index in [1.807, 2.05) is 4.72 Å². The highest BCUT2D eigenvalue weighted by Crippen LogP contribution is 2.14. The third-order valence-corrected chi connectivity index (χ3v) is 4.31. The molecular formula is C12H14N2O5S. The van der Waals surface area contributed by atoms with Crippen LogP contribution in [0.25, 0.3) is 0 Å². The summed E-state index contributed by atoms with van der Waals surface area (Å²) in [6.07, 6.45) is -1.23. The molecular weight excluding hydrogens is 284 g/mol. The Morgan fingerprint density at radius 2 is 2.15 bits per heavy atom. The summed E-state index contributed by atoms with van der Waals surface area (Å²) in [7, 11) is -4.06. The van der Waals surface area contributed by atoms with E-state index in [0.717, 1.165) is 5.56 Å². The predicted molar refractivity (Wildman–Crippen MR) is 69.0 cm³/mol. The fourth-order valence-electron chi connectivity index (χ4n) is 1.94. The van der Waals surface area contributed by atoms with Crippen molar-refractivity contribution in [1.29, 1.82) is 0 Å². The topological polar surface area (TPSA) is 113 Å². The number of benzene rings is 1. The standard InChI is InChI=1S/C12H14N2O5S/c1-7-3-2-4-8(5-7)20(18,19)14-12(17)10-9(15)6-13-11(10)16/h2-5,9-10,15H,6H2,1H3,(H,13,16)(H,14,17). The molecule has 0 spiro atoms. The monoisotopic (exact) mass is 298 g/mol. The van der Waals surface area contributed by atoms with Gasteiger partial charge in [-0.2, -0.15) is 0 Å². The van der Waals surface area contributed by atoms with Gasteiger partial charge in [0.2, 0.25) is 11.8 Å². The molecule has 1 aromatic rings. The summed E-state index contributed by atoms with van der Waals surface area (Å²) in [4.78, 5) is 23.1. The molecule has 1 fully saturated rings. The van der Waals surface area contributed by atoms with Crippen LogP contribution in [0, 0.1) is 12.8 Å². The predicted octanol–water partition coefficient (Wildman–Crippen LogP) is -1.09. The minimum atomic E-state index is -4.06. The molecule has 2 rings (SSSR count). The van der Waals surface area contributed by atoms with Crippen molar-refractivity contribution < 1.29 is 23.1 Å². The van der Waals surface area contributed by atoms with E-state index in [1.165, 1.54) is 12.1 Å². The van der Waals surface area contributed by atoms with Crippen LogP contribution in [0.4, 0.5) is 0 Å². The third kappa shape index (κ3) is 2.81. The Morgan fingerprint density at radius 1 is 1.45 bits per heavy atom. The Morgan fingerprint density at radius 3 is 2.70 bits per heavy atom. The largest absolute Gasteiger partial charge is 0.390 e. The van der Waals surface area contributed by atoms with Crippen molar-refractivity contribution >= 4 is 21.8 Å². The molecule has 1 heterocycles. The van der Waals surface area contributed by atoms with E-state index in [0.29, 0.717) is 0 Å². The Balaban J connectivity index is 2.20. The van der Waals surface area contributed by atoms with Gasteiger partial charge in [0.1, 0.15) is 5.92 Å². The van der Waals surface area contributed by atoms with Gasteiger partial charge in [-0.3, -0.25) is 9.59 Å². The molecule has 20 heavy (non-hydrogen) atoms. The van der Waals surface area contributed by atoms with Crippen molar-refractivity contribution in [3.8, 4) is 0 Å². The summed E-state index contributed by atoms with van der Waals surface area (Å²) in [5.74, 6) is -3.13. The summed E-state index contributed by atoms with van der Waals surface area (Å²) in [6.45, 7) is 1.65. The molecule has 8 heteroatoms. The minimum Gasteiger partial charge on any atom is -0.390 e. The van der Waals surface area contributed by atoms with Crippen LogP contribution in [0.1, 0.15) is 5.56 Å². The SMILES string of the molecule is Cc1cccc(S(=O)(=O)NC(=O)C2C(=O)NCC2O)c1. The lowest BCUT2D eigenvalue weighted by Gasteiger charge is -2.12. The highest BCUT2D eigenvalue weighted by atomic mass is 32.2. The van der Waals surface area contributed by atoms with Gasteiger partial charge in [0, 0.05) is 6.54 Å². The number of carbonyl (C=O) groups excluding carboxylic acids is 2. The van der Waals surface area contributed by atoms with Crippen molar-refractivity contribution in [2.45, 2.75) is 17.9 Å². The molecule has 1 aliphatic heterocycles. The molecule has 2 amide bonds. The maximum Gasteiger partial charge on any atom is 0.264 e. The number of rotatable bonds is 3. The molecule has 0 aliphatic carbocycles. The number of aryl methyl sites for hydroxylation is 1. The molecule has 0 radical (unpaired) electrons. The Hall–Kier alpha value is -1.93. The van der Waals surface area contributed by atoms with Crippen molar-refractivity contribution in [2.75, 3.05) is 6.54 Å². The van der Waals surface area contributed by atoms with Gasteiger partial charge in [-0.1, -0.05) is 12.1 Å². The molecule has 2 atom stereocenters. The average Bonchev–Trinajstić information content (AvgIpc) is 2.68. The molecule has 3 N–H and O–H groups in total. The van der Waals surface area contributed by atoms with Gasteiger partial charge in [-0.25, -0.2) is 13.1 Å². The fourth-order valence-corrected chi connectivity index (χ4v) is 3.05. The highest BCUT2D eigenvalue weighted by Gasteiger charge is 2.40. The number of carbonyl (C=O) groups is 2. The van der Waals surface area contributed by atoms with Crippen LogP contribution in [-0.2, 0) is 19.6 Å².